The first kappa shape index (κ1) is 15.1. The largest absolute Gasteiger partial charge is 0.497 e. The molecular weight excluding hydrogens is 272 g/mol. The summed E-state index contributed by atoms with van der Waals surface area (Å²) in [4.78, 5) is 19.2. The van der Waals surface area contributed by atoms with Crippen LogP contribution in [0.1, 0.15) is 11.3 Å². The number of aliphatic hydroxyl groups is 1. The van der Waals surface area contributed by atoms with Crippen molar-refractivity contribution in [1.29, 1.82) is 0 Å². The zero-order chi connectivity index (χ0) is 15.4. The topological polar surface area (TPSA) is 84.4 Å². The maximum Gasteiger partial charge on any atom is 0.254 e. The van der Waals surface area contributed by atoms with Gasteiger partial charge in [-0.15, -0.1) is 0 Å². The molecule has 0 aliphatic heterocycles. The molecule has 1 aromatic heterocycles. The molecule has 2 aromatic rings. The number of aromatic amines is 1. The molecule has 0 aliphatic rings. The minimum atomic E-state index is -0.253. The van der Waals surface area contributed by atoms with Gasteiger partial charge in [0, 0.05) is 24.3 Å². The second kappa shape index (κ2) is 6.41. The minimum absolute atomic E-state index is 0.0899. The molecule has 112 valence electrons. The summed E-state index contributed by atoms with van der Waals surface area (Å²) in [6, 6.07) is 5.28. The lowest BCUT2D eigenvalue weighted by Crippen LogP contribution is -2.18. The number of hydrogen-bond donors (Lipinski definition) is 2. The van der Waals surface area contributed by atoms with Gasteiger partial charge in [0.2, 0.25) is 0 Å². The number of ether oxygens (including phenoxy) is 2. The molecule has 0 bridgehead atoms. The van der Waals surface area contributed by atoms with Gasteiger partial charge in [-0.2, -0.15) is 0 Å². The Morgan fingerprint density at radius 3 is 2.62 bits per heavy atom. The smallest absolute Gasteiger partial charge is 0.254 e. The molecule has 1 aromatic carbocycles. The van der Waals surface area contributed by atoms with E-state index in [1.54, 1.807) is 39.3 Å². The van der Waals surface area contributed by atoms with Gasteiger partial charge in [-0.05, 0) is 25.1 Å². The molecule has 0 radical (unpaired) electrons. The zero-order valence-corrected chi connectivity index (χ0v) is 12.3. The Kier molecular flexibility index (Phi) is 4.59. The van der Waals surface area contributed by atoms with E-state index in [9.17, 15) is 4.79 Å². The van der Waals surface area contributed by atoms with E-state index >= 15 is 0 Å². The van der Waals surface area contributed by atoms with Crippen molar-refractivity contribution in [2.75, 3.05) is 20.8 Å². The zero-order valence-electron chi connectivity index (χ0n) is 12.3. The van der Waals surface area contributed by atoms with Crippen molar-refractivity contribution in [3.8, 4) is 22.9 Å². The summed E-state index contributed by atoms with van der Waals surface area (Å²) in [6.07, 6.45) is 0.281. The van der Waals surface area contributed by atoms with Crippen molar-refractivity contribution in [1.82, 2.24) is 9.97 Å². The van der Waals surface area contributed by atoms with Crippen LogP contribution in [-0.4, -0.2) is 35.9 Å². The van der Waals surface area contributed by atoms with E-state index in [1.165, 1.54) is 0 Å². The maximum atomic E-state index is 12.1. The molecule has 21 heavy (non-hydrogen) atoms. The molecule has 0 spiro atoms. The molecular formula is C15H18N2O4. The summed E-state index contributed by atoms with van der Waals surface area (Å²) >= 11 is 0. The van der Waals surface area contributed by atoms with Crippen molar-refractivity contribution in [2.24, 2.45) is 0 Å². The highest BCUT2D eigenvalue weighted by Gasteiger charge is 2.13. The monoisotopic (exact) mass is 290 g/mol. The van der Waals surface area contributed by atoms with Crippen molar-refractivity contribution in [3.05, 3.63) is 39.8 Å². The number of nitrogens with zero attached hydrogens (tertiary/aromatic N) is 1. The van der Waals surface area contributed by atoms with Crippen LogP contribution < -0.4 is 15.0 Å². The van der Waals surface area contributed by atoms with Crippen LogP contribution in [0.3, 0.4) is 0 Å². The quantitative estimate of drug-likeness (QED) is 0.867. The standard InChI is InChI=1S/C15H18N2O4/c1-9-11(6-7-18)15(19)17-14(16-9)12-8-10(20-2)4-5-13(12)21-3/h4-5,8,18H,6-7H2,1-3H3,(H,16,17,19). The first-order valence-electron chi connectivity index (χ1n) is 6.53. The highest BCUT2D eigenvalue weighted by molar-refractivity contribution is 5.66. The van der Waals surface area contributed by atoms with Gasteiger partial charge in [-0.1, -0.05) is 0 Å². The van der Waals surface area contributed by atoms with E-state index in [-0.39, 0.29) is 18.6 Å². The number of aromatic nitrogens is 2. The van der Waals surface area contributed by atoms with Gasteiger partial charge in [0.05, 0.1) is 19.8 Å². The Morgan fingerprint density at radius 1 is 1.29 bits per heavy atom. The third-order valence-corrected chi connectivity index (χ3v) is 3.25. The van der Waals surface area contributed by atoms with Gasteiger partial charge >= 0.3 is 0 Å². The number of benzene rings is 1. The van der Waals surface area contributed by atoms with Crippen LogP contribution in [0, 0.1) is 6.92 Å². The molecule has 0 saturated carbocycles. The van der Waals surface area contributed by atoms with Crippen LogP contribution >= 0.6 is 0 Å². The number of methoxy groups -OCH3 is 2. The lowest BCUT2D eigenvalue weighted by molar-refractivity contribution is 0.298. The number of rotatable bonds is 5. The Hall–Kier alpha value is -2.34. The molecule has 0 saturated heterocycles. The van der Waals surface area contributed by atoms with Crippen molar-refractivity contribution in [2.45, 2.75) is 13.3 Å². The van der Waals surface area contributed by atoms with Crippen LogP contribution in [0.25, 0.3) is 11.4 Å². The van der Waals surface area contributed by atoms with E-state index in [2.05, 4.69) is 9.97 Å². The van der Waals surface area contributed by atoms with Crippen molar-refractivity contribution >= 4 is 0 Å². The Morgan fingerprint density at radius 2 is 2.05 bits per heavy atom. The Balaban J connectivity index is 2.59. The first-order valence-corrected chi connectivity index (χ1v) is 6.53. The molecule has 0 atom stereocenters. The van der Waals surface area contributed by atoms with Gasteiger partial charge in [-0.3, -0.25) is 4.79 Å². The Labute approximate surface area is 122 Å². The summed E-state index contributed by atoms with van der Waals surface area (Å²) in [6.45, 7) is 1.66. The van der Waals surface area contributed by atoms with Crippen LogP contribution in [0.5, 0.6) is 11.5 Å². The lowest BCUT2D eigenvalue weighted by Gasteiger charge is -2.11. The lowest BCUT2D eigenvalue weighted by atomic mass is 10.1. The molecule has 6 nitrogen and oxygen atoms in total. The van der Waals surface area contributed by atoms with Crippen LogP contribution in [0.4, 0.5) is 0 Å². The van der Waals surface area contributed by atoms with E-state index in [4.69, 9.17) is 14.6 Å². The summed E-state index contributed by atoms with van der Waals surface area (Å²) < 4.78 is 10.5. The predicted molar refractivity (Wildman–Crippen MR) is 78.9 cm³/mol. The van der Waals surface area contributed by atoms with E-state index < -0.39 is 0 Å². The van der Waals surface area contributed by atoms with Gasteiger partial charge in [0.15, 0.2) is 0 Å². The molecule has 0 unspecified atom stereocenters. The van der Waals surface area contributed by atoms with Crippen LogP contribution in [0.2, 0.25) is 0 Å². The summed E-state index contributed by atoms with van der Waals surface area (Å²) in [7, 11) is 3.12. The van der Waals surface area contributed by atoms with Gasteiger partial charge < -0.3 is 19.6 Å². The number of nitrogens with one attached hydrogen (secondary N) is 1. The Bertz CT molecular complexity index is 695. The molecule has 2 N–H and O–H groups in total. The SMILES string of the molecule is COc1ccc(OC)c(-c2nc(C)c(CCO)c(=O)[nH]2)c1. The van der Waals surface area contributed by atoms with E-state index in [0.29, 0.717) is 34.1 Å². The second-order valence-corrected chi connectivity index (χ2v) is 4.52. The number of aryl methyl sites for hydroxylation is 1. The highest BCUT2D eigenvalue weighted by atomic mass is 16.5. The van der Waals surface area contributed by atoms with Gasteiger partial charge in [0.25, 0.3) is 5.56 Å². The van der Waals surface area contributed by atoms with E-state index in [1.807, 2.05) is 0 Å². The molecule has 6 heteroatoms. The summed E-state index contributed by atoms with van der Waals surface area (Å²) in [5.41, 5.74) is 1.47. The maximum absolute atomic E-state index is 12.1. The van der Waals surface area contributed by atoms with Gasteiger partial charge in [-0.25, -0.2) is 4.98 Å². The fraction of sp³-hybridized carbons (Fsp3) is 0.333. The van der Waals surface area contributed by atoms with Crippen LogP contribution in [-0.2, 0) is 6.42 Å². The third-order valence-electron chi connectivity index (χ3n) is 3.25. The highest BCUT2D eigenvalue weighted by Crippen LogP contribution is 2.31. The van der Waals surface area contributed by atoms with Gasteiger partial charge in [0.1, 0.15) is 17.3 Å². The predicted octanol–water partition coefficient (Wildman–Crippen LogP) is 1.30. The van der Waals surface area contributed by atoms with Crippen molar-refractivity contribution < 1.29 is 14.6 Å². The number of aliphatic hydroxyl groups excluding tert-OH is 1. The van der Waals surface area contributed by atoms with Crippen molar-refractivity contribution in [3.63, 3.8) is 0 Å². The fourth-order valence-corrected chi connectivity index (χ4v) is 2.14. The normalized spacial score (nSPS) is 10.5. The third kappa shape index (κ3) is 3.05. The molecule has 0 aliphatic carbocycles. The molecule has 0 amide bonds. The summed E-state index contributed by atoms with van der Waals surface area (Å²) in [5.74, 6) is 1.65. The molecule has 1 heterocycles. The molecule has 0 fully saturated rings. The average Bonchev–Trinajstić information content (AvgIpc) is 2.50. The number of H-pyrrole nitrogens is 1. The summed E-state index contributed by atoms with van der Waals surface area (Å²) in [5, 5.41) is 8.99. The average molecular weight is 290 g/mol. The fourth-order valence-electron chi connectivity index (χ4n) is 2.14. The molecule has 2 rings (SSSR count). The number of hydrogen-bond acceptors (Lipinski definition) is 5. The van der Waals surface area contributed by atoms with Crippen LogP contribution in [0.15, 0.2) is 23.0 Å². The first-order chi connectivity index (χ1) is 10.1. The van der Waals surface area contributed by atoms with E-state index in [0.717, 1.165) is 0 Å². The minimum Gasteiger partial charge on any atom is -0.497 e. The second-order valence-electron chi connectivity index (χ2n) is 4.52.